The summed E-state index contributed by atoms with van der Waals surface area (Å²) >= 11 is 3.22. The van der Waals surface area contributed by atoms with Crippen LogP contribution in [0.25, 0.3) is 10.2 Å². The molecule has 0 saturated heterocycles. The van der Waals surface area contributed by atoms with E-state index in [0.717, 1.165) is 20.1 Å². The van der Waals surface area contributed by atoms with E-state index in [-0.39, 0.29) is 5.91 Å². The lowest BCUT2D eigenvalue weighted by Crippen LogP contribution is -2.27. The maximum Gasteiger partial charge on any atom is 0.233 e. The summed E-state index contributed by atoms with van der Waals surface area (Å²) < 4.78 is 1.16. The van der Waals surface area contributed by atoms with Crippen molar-refractivity contribution in [3.8, 4) is 0 Å². The number of rotatable bonds is 5. The first-order chi connectivity index (χ1) is 11.1. The standard InChI is InChI=1S/C18H18N2OS2/c1-13-7-9-14(10-8-13)22-12-18(21)20(2)11-17-19-15-5-3-4-6-16(15)23-17/h3-10H,11-12H2,1-2H3. The summed E-state index contributed by atoms with van der Waals surface area (Å²) in [5, 5.41) is 0.974. The number of hydrogen-bond acceptors (Lipinski definition) is 4. The first-order valence-electron chi connectivity index (χ1n) is 7.40. The summed E-state index contributed by atoms with van der Waals surface area (Å²) in [6, 6.07) is 16.3. The molecule has 3 rings (SSSR count). The van der Waals surface area contributed by atoms with Crippen LogP contribution in [0.4, 0.5) is 0 Å². The van der Waals surface area contributed by atoms with Gasteiger partial charge in [0.05, 0.1) is 22.5 Å². The number of hydrogen-bond donors (Lipinski definition) is 0. The molecule has 0 spiro atoms. The number of benzene rings is 2. The van der Waals surface area contributed by atoms with Gasteiger partial charge in [-0.25, -0.2) is 4.98 Å². The van der Waals surface area contributed by atoms with Crippen molar-refractivity contribution in [1.82, 2.24) is 9.88 Å². The number of carbonyl (C=O) groups is 1. The predicted octanol–water partition coefficient (Wildman–Crippen LogP) is 4.36. The SMILES string of the molecule is Cc1ccc(SCC(=O)N(C)Cc2nc3ccccc3s2)cc1. The molecule has 0 atom stereocenters. The number of fused-ring (bicyclic) bond motifs is 1. The van der Waals surface area contributed by atoms with Gasteiger partial charge in [-0.2, -0.15) is 0 Å². The average molecular weight is 342 g/mol. The Balaban J connectivity index is 1.57. The quantitative estimate of drug-likeness (QED) is 0.646. The lowest BCUT2D eigenvalue weighted by atomic mass is 10.2. The highest BCUT2D eigenvalue weighted by Crippen LogP contribution is 2.23. The largest absolute Gasteiger partial charge is 0.338 e. The maximum absolute atomic E-state index is 12.3. The molecular weight excluding hydrogens is 324 g/mol. The van der Waals surface area contributed by atoms with E-state index in [2.05, 4.69) is 42.2 Å². The highest BCUT2D eigenvalue weighted by Gasteiger charge is 2.12. The van der Waals surface area contributed by atoms with Crippen LogP contribution in [0.1, 0.15) is 10.6 Å². The third-order valence-corrected chi connectivity index (χ3v) is 5.54. The van der Waals surface area contributed by atoms with Crippen molar-refractivity contribution < 1.29 is 4.79 Å². The molecule has 0 aliphatic rings. The normalized spacial score (nSPS) is 10.9. The molecule has 0 N–H and O–H groups in total. The molecule has 0 radical (unpaired) electrons. The Kier molecular flexibility index (Phi) is 4.98. The van der Waals surface area contributed by atoms with E-state index in [1.165, 1.54) is 5.56 Å². The van der Waals surface area contributed by atoms with Crippen LogP contribution in [0.2, 0.25) is 0 Å². The minimum Gasteiger partial charge on any atom is -0.338 e. The Morgan fingerprint density at radius 3 is 2.65 bits per heavy atom. The van der Waals surface area contributed by atoms with E-state index in [4.69, 9.17) is 0 Å². The van der Waals surface area contributed by atoms with E-state index in [0.29, 0.717) is 12.3 Å². The Labute approximate surface area is 144 Å². The second-order valence-corrected chi connectivity index (χ2v) is 7.59. The molecule has 3 nitrogen and oxygen atoms in total. The van der Waals surface area contributed by atoms with Gasteiger partial charge in [-0.05, 0) is 31.2 Å². The van der Waals surface area contributed by atoms with Crippen molar-refractivity contribution in [1.29, 1.82) is 0 Å². The number of thioether (sulfide) groups is 1. The Bertz CT molecular complexity index is 778. The number of para-hydroxylation sites is 1. The van der Waals surface area contributed by atoms with Crippen LogP contribution in [0.15, 0.2) is 53.4 Å². The molecule has 0 unspecified atom stereocenters. The number of thiazole rings is 1. The molecular formula is C18H18N2OS2. The van der Waals surface area contributed by atoms with Gasteiger partial charge in [-0.15, -0.1) is 23.1 Å². The van der Waals surface area contributed by atoms with Gasteiger partial charge >= 0.3 is 0 Å². The zero-order valence-electron chi connectivity index (χ0n) is 13.2. The number of amides is 1. The minimum absolute atomic E-state index is 0.120. The van der Waals surface area contributed by atoms with Crippen LogP contribution in [-0.4, -0.2) is 28.6 Å². The summed E-state index contributed by atoms with van der Waals surface area (Å²) in [5.74, 6) is 0.569. The van der Waals surface area contributed by atoms with Gasteiger partial charge in [0.1, 0.15) is 5.01 Å². The van der Waals surface area contributed by atoms with Crippen LogP contribution in [0.5, 0.6) is 0 Å². The van der Waals surface area contributed by atoms with E-state index in [9.17, 15) is 4.79 Å². The lowest BCUT2D eigenvalue weighted by Gasteiger charge is -2.15. The van der Waals surface area contributed by atoms with Gasteiger partial charge in [0.15, 0.2) is 0 Å². The summed E-state index contributed by atoms with van der Waals surface area (Å²) in [7, 11) is 1.84. The van der Waals surface area contributed by atoms with Gasteiger partial charge in [-0.1, -0.05) is 29.8 Å². The van der Waals surface area contributed by atoms with E-state index >= 15 is 0 Å². The molecule has 118 valence electrons. The van der Waals surface area contributed by atoms with E-state index in [1.807, 2.05) is 25.2 Å². The molecule has 5 heteroatoms. The van der Waals surface area contributed by atoms with Gasteiger partial charge in [0.25, 0.3) is 0 Å². The lowest BCUT2D eigenvalue weighted by molar-refractivity contribution is -0.127. The Morgan fingerprint density at radius 1 is 1.17 bits per heavy atom. The Hall–Kier alpha value is -1.85. The van der Waals surface area contributed by atoms with Crippen LogP contribution in [0.3, 0.4) is 0 Å². The molecule has 0 fully saturated rings. The minimum atomic E-state index is 0.120. The number of nitrogens with zero attached hydrogens (tertiary/aromatic N) is 2. The van der Waals surface area contributed by atoms with Crippen LogP contribution >= 0.6 is 23.1 Å². The highest BCUT2D eigenvalue weighted by molar-refractivity contribution is 8.00. The molecule has 1 aromatic heterocycles. The van der Waals surface area contributed by atoms with Crippen molar-refractivity contribution in [2.75, 3.05) is 12.8 Å². The average Bonchev–Trinajstić information content (AvgIpc) is 2.96. The summed E-state index contributed by atoms with van der Waals surface area (Å²) in [6.07, 6.45) is 0. The molecule has 1 amide bonds. The molecule has 0 saturated carbocycles. The fourth-order valence-corrected chi connectivity index (χ4v) is 4.03. The first kappa shape index (κ1) is 16.0. The zero-order chi connectivity index (χ0) is 16.2. The smallest absolute Gasteiger partial charge is 0.233 e. The second-order valence-electron chi connectivity index (χ2n) is 5.43. The molecule has 3 aromatic rings. The monoisotopic (exact) mass is 342 g/mol. The number of carbonyl (C=O) groups excluding carboxylic acids is 1. The second kappa shape index (κ2) is 7.15. The zero-order valence-corrected chi connectivity index (χ0v) is 14.8. The Morgan fingerprint density at radius 2 is 1.91 bits per heavy atom. The van der Waals surface area contributed by atoms with Gasteiger partial charge < -0.3 is 4.90 Å². The van der Waals surface area contributed by atoms with Gasteiger partial charge in [0.2, 0.25) is 5.91 Å². The molecule has 1 heterocycles. The van der Waals surface area contributed by atoms with Crippen molar-refractivity contribution in [3.63, 3.8) is 0 Å². The molecule has 23 heavy (non-hydrogen) atoms. The summed E-state index contributed by atoms with van der Waals surface area (Å²) in [6.45, 7) is 2.62. The van der Waals surface area contributed by atoms with E-state index < -0.39 is 0 Å². The fourth-order valence-electron chi connectivity index (χ4n) is 2.17. The van der Waals surface area contributed by atoms with Gasteiger partial charge in [-0.3, -0.25) is 4.79 Å². The summed E-state index contributed by atoms with van der Waals surface area (Å²) in [4.78, 5) is 19.7. The van der Waals surface area contributed by atoms with Gasteiger partial charge in [0, 0.05) is 11.9 Å². The molecule has 2 aromatic carbocycles. The summed E-state index contributed by atoms with van der Waals surface area (Å²) in [5.41, 5.74) is 2.23. The maximum atomic E-state index is 12.3. The van der Waals surface area contributed by atoms with Crippen LogP contribution < -0.4 is 0 Å². The van der Waals surface area contributed by atoms with Crippen molar-refractivity contribution >= 4 is 39.2 Å². The molecule has 0 bridgehead atoms. The first-order valence-corrected chi connectivity index (χ1v) is 9.20. The van der Waals surface area contributed by atoms with E-state index in [1.54, 1.807) is 28.0 Å². The fraction of sp³-hybridized carbons (Fsp3) is 0.222. The van der Waals surface area contributed by atoms with Crippen molar-refractivity contribution in [2.24, 2.45) is 0 Å². The third-order valence-electron chi connectivity index (χ3n) is 3.52. The van der Waals surface area contributed by atoms with Crippen LogP contribution in [-0.2, 0) is 11.3 Å². The van der Waals surface area contributed by atoms with Crippen molar-refractivity contribution in [2.45, 2.75) is 18.4 Å². The number of aryl methyl sites for hydroxylation is 1. The van der Waals surface area contributed by atoms with Crippen LogP contribution in [0, 0.1) is 6.92 Å². The topological polar surface area (TPSA) is 33.2 Å². The molecule has 0 aliphatic heterocycles. The molecule has 0 aliphatic carbocycles. The predicted molar refractivity (Wildman–Crippen MR) is 98.0 cm³/mol. The van der Waals surface area contributed by atoms with Crippen molar-refractivity contribution in [3.05, 3.63) is 59.1 Å². The number of aromatic nitrogens is 1. The highest BCUT2D eigenvalue weighted by atomic mass is 32.2. The third kappa shape index (κ3) is 4.12.